The number of nitrogens with two attached hydrogens (primary N) is 1. The molecule has 0 spiro atoms. The average Bonchev–Trinajstić information content (AvgIpc) is 2.61. The summed E-state index contributed by atoms with van der Waals surface area (Å²) in [7, 11) is 1.66. The zero-order valence-electron chi connectivity index (χ0n) is 9.37. The molecule has 2 aromatic rings. The van der Waals surface area contributed by atoms with Crippen LogP contribution in [0.25, 0.3) is 10.2 Å². The van der Waals surface area contributed by atoms with Gasteiger partial charge in [-0.2, -0.15) is 0 Å². The Labute approximate surface area is 107 Å². The van der Waals surface area contributed by atoms with Crippen LogP contribution in [0.15, 0.2) is 16.6 Å². The van der Waals surface area contributed by atoms with Crippen molar-refractivity contribution in [1.29, 1.82) is 0 Å². The molecule has 0 saturated heterocycles. The Balaban J connectivity index is 2.66. The highest BCUT2D eigenvalue weighted by Crippen LogP contribution is 2.35. The molecular formula is C11H13BrN2OS. The van der Waals surface area contributed by atoms with Crippen molar-refractivity contribution < 1.29 is 4.74 Å². The van der Waals surface area contributed by atoms with Crippen molar-refractivity contribution in [3.05, 3.63) is 21.6 Å². The van der Waals surface area contributed by atoms with Gasteiger partial charge < -0.3 is 10.5 Å². The predicted octanol–water partition coefficient (Wildman–Crippen LogP) is 3.26. The summed E-state index contributed by atoms with van der Waals surface area (Å²) in [5.41, 5.74) is 6.58. The summed E-state index contributed by atoms with van der Waals surface area (Å²) in [5.74, 6) is 0.824. The molecule has 0 bridgehead atoms. The van der Waals surface area contributed by atoms with Crippen molar-refractivity contribution in [3.63, 3.8) is 0 Å². The second-order valence-corrected chi connectivity index (χ2v) is 6.08. The normalized spacial score (nSPS) is 12.1. The van der Waals surface area contributed by atoms with Gasteiger partial charge in [0, 0.05) is 4.47 Å². The van der Waals surface area contributed by atoms with Crippen molar-refractivity contribution in [2.45, 2.75) is 19.4 Å². The van der Waals surface area contributed by atoms with Gasteiger partial charge in [-0.3, -0.25) is 0 Å². The van der Waals surface area contributed by atoms with E-state index in [1.54, 1.807) is 18.4 Å². The smallest absolute Gasteiger partial charge is 0.121 e. The number of fused-ring (bicyclic) bond motifs is 1. The Morgan fingerprint density at radius 1 is 1.44 bits per heavy atom. The Hall–Kier alpha value is -0.650. The van der Waals surface area contributed by atoms with E-state index in [4.69, 9.17) is 10.5 Å². The zero-order chi connectivity index (χ0) is 11.9. The number of halogens is 1. The summed E-state index contributed by atoms with van der Waals surface area (Å²) in [6.45, 7) is 3.91. The van der Waals surface area contributed by atoms with E-state index in [2.05, 4.69) is 20.9 Å². The van der Waals surface area contributed by atoms with Crippen LogP contribution in [0, 0.1) is 0 Å². The molecule has 1 aromatic carbocycles. The lowest BCUT2D eigenvalue weighted by Crippen LogP contribution is -2.28. The van der Waals surface area contributed by atoms with E-state index in [-0.39, 0.29) is 0 Å². The number of thiazole rings is 1. The minimum Gasteiger partial charge on any atom is -0.497 e. The Morgan fingerprint density at radius 3 is 2.69 bits per heavy atom. The van der Waals surface area contributed by atoms with Crippen LogP contribution in [-0.4, -0.2) is 12.1 Å². The highest BCUT2D eigenvalue weighted by molar-refractivity contribution is 9.10. The Kier molecular flexibility index (Phi) is 2.94. The topological polar surface area (TPSA) is 48.1 Å². The summed E-state index contributed by atoms with van der Waals surface area (Å²) in [4.78, 5) is 4.55. The number of nitrogens with zero attached hydrogens (tertiary/aromatic N) is 1. The summed E-state index contributed by atoms with van der Waals surface area (Å²) >= 11 is 5.09. The summed E-state index contributed by atoms with van der Waals surface area (Å²) < 4.78 is 7.24. The lowest BCUT2D eigenvalue weighted by molar-refractivity contribution is 0.415. The first-order chi connectivity index (χ1) is 7.41. The highest BCUT2D eigenvalue weighted by atomic mass is 79.9. The van der Waals surface area contributed by atoms with Gasteiger partial charge in [0.15, 0.2) is 0 Å². The van der Waals surface area contributed by atoms with E-state index in [0.717, 1.165) is 25.4 Å². The number of hydrogen-bond donors (Lipinski definition) is 1. The SMILES string of the molecule is COc1cc(Br)c2nc(C(C)(C)N)sc2c1. The van der Waals surface area contributed by atoms with Crippen molar-refractivity contribution in [2.24, 2.45) is 5.73 Å². The highest BCUT2D eigenvalue weighted by Gasteiger charge is 2.20. The molecular weight excluding hydrogens is 288 g/mol. The van der Waals surface area contributed by atoms with Crippen LogP contribution in [0.4, 0.5) is 0 Å². The van der Waals surface area contributed by atoms with Crippen LogP contribution in [-0.2, 0) is 5.54 Å². The van der Waals surface area contributed by atoms with Crippen LogP contribution in [0.5, 0.6) is 5.75 Å². The minimum atomic E-state index is -0.406. The molecule has 16 heavy (non-hydrogen) atoms. The lowest BCUT2D eigenvalue weighted by Gasteiger charge is -2.13. The Bertz CT molecular complexity index is 530. The standard InChI is InChI=1S/C11H13BrN2OS/c1-11(2,13)10-14-9-7(12)4-6(15-3)5-8(9)16-10/h4-5H,13H2,1-3H3. The molecule has 0 atom stereocenters. The number of rotatable bonds is 2. The molecule has 0 aliphatic rings. The van der Waals surface area contributed by atoms with Gasteiger partial charge in [0.1, 0.15) is 10.8 Å². The van der Waals surface area contributed by atoms with Crippen molar-refractivity contribution in [3.8, 4) is 5.75 Å². The maximum absolute atomic E-state index is 6.04. The molecule has 0 saturated carbocycles. The van der Waals surface area contributed by atoms with Crippen LogP contribution in [0.3, 0.4) is 0 Å². The number of methoxy groups -OCH3 is 1. The summed E-state index contributed by atoms with van der Waals surface area (Å²) in [6.07, 6.45) is 0. The molecule has 0 aliphatic carbocycles. The maximum atomic E-state index is 6.04. The maximum Gasteiger partial charge on any atom is 0.121 e. The van der Waals surface area contributed by atoms with E-state index in [1.807, 2.05) is 26.0 Å². The van der Waals surface area contributed by atoms with E-state index >= 15 is 0 Å². The van der Waals surface area contributed by atoms with E-state index in [0.29, 0.717) is 0 Å². The predicted molar refractivity (Wildman–Crippen MR) is 71.1 cm³/mol. The molecule has 5 heteroatoms. The van der Waals surface area contributed by atoms with Gasteiger partial charge in [0.25, 0.3) is 0 Å². The molecule has 86 valence electrons. The molecule has 0 unspecified atom stereocenters. The lowest BCUT2D eigenvalue weighted by atomic mass is 10.1. The molecule has 0 aliphatic heterocycles. The van der Waals surface area contributed by atoms with Crippen molar-refractivity contribution in [2.75, 3.05) is 7.11 Å². The second kappa shape index (κ2) is 3.98. The Morgan fingerprint density at radius 2 is 2.12 bits per heavy atom. The molecule has 2 N–H and O–H groups in total. The van der Waals surface area contributed by atoms with Crippen LogP contribution in [0.1, 0.15) is 18.9 Å². The third-order valence-corrected chi connectivity index (χ3v) is 4.16. The first-order valence-corrected chi connectivity index (χ1v) is 6.46. The van der Waals surface area contributed by atoms with Gasteiger partial charge in [0.05, 0.1) is 22.9 Å². The van der Waals surface area contributed by atoms with Crippen LogP contribution >= 0.6 is 27.3 Å². The first kappa shape index (κ1) is 11.8. The summed E-state index contributed by atoms with van der Waals surface area (Å²) in [5, 5.41) is 0.927. The molecule has 3 nitrogen and oxygen atoms in total. The average molecular weight is 301 g/mol. The third-order valence-electron chi connectivity index (χ3n) is 2.21. The number of aromatic nitrogens is 1. The molecule has 2 rings (SSSR count). The number of hydrogen-bond acceptors (Lipinski definition) is 4. The van der Waals surface area contributed by atoms with E-state index in [9.17, 15) is 0 Å². The molecule has 1 aromatic heterocycles. The summed E-state index contributed by atoms with van der Waals surface area (Å²) in [6, 6.07) is 3.89. The second-order valence-electron chi connectivity index (χ2n) is 4.20. The van der Waals surface area contributed by atoms with Crippen LogP contribution < -0.4 is 10.5 Å². The van der Waals surface area contributed by atoms with E-state index in [1.165, 1.54) is 0 Å². The van der Waals surface area contributed by atoms with E-state index < -0.39 is 5.54 Å². The van der Waals surface area contributed by atoms with Gasteiger partial charge in [-0.15, -0.1) is 11.3 Å². The van der Waals surface area contributed by atoms with Crippen molar-refractivity contribution >= 4 is 37.5 Å². The molecule has 0 fully saturated rings. The largest absolute Gasteiger partial charge is 0.497 e. The van der Waals surface area contributed by atoms with Gasteiger partial charge in [-0.05, 0) is 41.9 Å². The van der Waals surface area contributed by atoms with Crippen molar-refractivity contribution in [1.82, 2.24) is 4.98 Å². The third kappa shape index (κ3) is 2.07. The molecule has 0 radical (unpaired) electrons. The van der Waals surface area contributed by atoms with Gasteiger partial charge in [-0.25, -0.2) is 4.98 Å². The fraction of sp³-hybridized carbons (Fsp3) is 0.364. The number of benzene rings is 1. The number of ether oxygens (including phenoxy) is 1. The first-order valence-electron chi connectivity index (χ1n) is 4.85. The fourth-order valence-electron chi connectivity index (χ4n) is 1.36. The monoisotopic (exact) mass is 300 g/mol. The molecule has 0 amide bonds. The van der Waals surface area contributed by atoms with Gasteiger partial charge in [0.2, 0.25) is 0 Å². The van der Waals surface area contributed by atoms with Crippen LogP contribution in [0.2, 0.25) is 0 Å². The van der Waals surface area contributed by atoms with Gasteiger partial charge >= 0.3 is 0 Å². The molecule has 1 heterocycles. The van der Waals surface area contributed by atoms with Gasteiger partial charge in [-0.1, -0.05) is 0 Å². The zero-order valence-corrected chi connectivity index (χ0v) is 11.8. The fourth-order valence-corrected chi connectivity index (χ4v) is 3.05. The quantitative estimate of drug-likeness (QED) is 0.926. The minimum absolute atomic E-state index is 0.406.